The minimum absolute atomic E-state index is 0.161. The Morgan fingerprint density at radius 3 is 2.80 bits per heavy atom. The van der Waals surface area contributed by atoms with Crippen molar-refractivity contribution in [3.8, 4) is 12.3 Å². The van der Waals surface area contributed by atoms with E-state index in [1.54, 1.807) is 7.11 Å². The molecule has 1 unspecified atom stereocenters. The first kappa shape index (κ1) is 12.0. The van der Waals surface area contributed by atoms with Crippen molar-refractivity contribution in [2.75, 3.05) is 13.7 Å². The lowest BCUT2D eigenvalue weighted by molar-refractivity contribution is -0.126. The molecule has 0 saturated heterocycles. The number of carbonyl (C=O) groups is 1. The van der Waals surface area contributed by atoms with Crippen LogP contribution in [0.2, 0.25) is 0 Å². The van der Waals surface area contributed by atoms with E-state index in [0.717, 1.165) is 19.3 Å². The number of methoxy groups -OCH3 is 1. The lowest BCUT2D eigenvalue weighted by Gasteiger charge is -2.40. The van der Waals surface area contributed by atoms with Gasteiger partial charge in [0.15, 0.2) is 0 Å². The molecule has 1 aliphatic rings. The maximum atomic E-state index is 11.4. The smallest absolute Gasteiger partial charge is 0.238 e. The van der Waals surface area contributed by atoms with Gasteiger partial charge in [-0.2, -0.15) is 0 Å². The standard InChI is InChI=1S/C11H18N2O2/c1-3-5-9(12)10(14)13-8-11(15-2)6-4-7-11/h1,9H,4-8,12H2,2H3,(H,13,14). The monoisotopic (exact) mass is 210 g/mol. The molecule has 1 saturated carbocycles. The fourth-order valence-corrected chi connectivity index (χ4v) is 1.62. The van der Waals surface area contributed by atoms with Crippen molar-refractivity contribution >= 4 is 5.91 Å². The minimum Gasteiger partial charge on any atom is -0.376 e. The highest BCUT2D eigenvalue weighted by atomic mass is 16.5. The third-order valence-electron chi connectivity index (χ3n) is 2.96. The summed E-state index contributed by atoms with van der Waals surface area (Å²) in [6, 6.07) is -0.607. The lowest BCUT2D eigenvalue weighted by Crippen LogP contribution is -2.52. The van der Waals surface area contributed by atoms with Crippen LogP contribution in [0.5, 0.6) is 0 Å². The molecule has 0 aromatic carbocycles. The van der Waals surface area contributed by atoms with Gasteiger partial charge in [0.2, 0.25) is 5.91 Å². The van der Waals surface area contributed by atoms with E-state index in [0.29, 0.717) is 6.54 Å². The third kappa shape index (κ3) is 2.95. The molecule has 0 heterocycles. The van der Waals surface area contributed by atoms with Crippen molar-refractivity contribution in [2.45, 2.75) is 37.3 Å². The Balaban J connectivity index is 2.30. The van der Waals surface area contributed by atoms with Crippen LogP contribution in [0.15, 0.2) is 0 Å². The summed E-state index contributed by atoms with van der Waals surface area (Å²) in [7, 11) is 1.67. The molecule has 0 bridgehead atoms. The van der Waals surface area contributed by atoms with E-state index in [-0.39, 0.29) is 17.9 Å². The topological polar surface area (TPSA) is 64.4 Å². The van der Waals surface area contributed by atoms with Crippen LogP contribution in [0, 0.1) is 12.3 Å². The summed E-state index contributed by atoms with van der Waals surface area (Å²) in [6.45, 7) is 0.528. The fraction of sp³-hybridized carbons (Fsp3) is 0.727. The second-order valence-electron chi connectivity index (χ2n) is 3.97. The molecule has 84 valence electrons. The van der Waals surface area contributed by atoms with Crippen LogP contribution in [-0.4, -0.2) is 31.2 Å². The molecule has 4 heteroatoms. The van der Waals surface area contributed by atoms with Crippen LogP contribution >= 0.6 is 0 Å². The average Bonchev–Trinajstić information content (AvgIpc) is 2.17. The molecule has 0 aromatic rings. The summed E-state index contributed by atoms with van der Waals surface area (Å²) in [4.78, 5) is 11.4. The van der Waals surface area contributed by atoms with Crippen LogP contribution in [-0.2, 0) is 9.53 Å². The van der Waals surface area contributed by atoms with Crippen LogP contribution < -0.4 is 11.1 Å². The zero-order valence-corrected chi connectivity index (χ0v) is 9.08. The average molecular weight is 210 g/mol. The highest BCUT2D eigenvalue weighted by Gasteiger charge is 2.37. The van der Waals surface area contributed by atoms with Crippen molar-refractivity contribution in [1.29, 1.82) is 0 Å². The molecule has 1 fully saturated rings. The Morgan fingerprint density at radius 2 is 2.40 bits per heavy atom. The van der Waals surface area contributed by atoms with Crippen LogP contribution in [0.25, 0.3) is 0 Å². The first-order valence-corrected chi connectivity index (χ1v) is 5.15. The Hall–Kier alpha value is -1.05. The maximum Gasteiger partial charge on any atom is 0.238 e. The second kappa shape index (κ2) is 5.15. The Labute approximate surface area is 90.5 Å². The molecule has 1 amide bonds. The highest BCUT2D eigenvalue weighted by molar-refractivity contribution is 5.81. The van der Waals surface area contributed by atoms with E-state index in [4.69, 9.17) is 16.9 Å². The van der Waals surface area contributed by atoms with E-state index >= 15 is 0 Å². The lowest BCUT2D eigenvalue weighted by atomic mass is 9.80. The van der Waals surface area contributed by atoms with E-state index < -0.39 is 6.04 Å². The summed E-state index contributed by atoms with van der Waals surface area (Å²) < 4.78 is 5.37. The van der Waals surface area contributed by atoms with E-state index in [1.807, 2.05) is 0 Å². The third-order valence-corrected chi connectivity index (χ3v) is 2.96. The van der Waals surface area contributed by atoms with E-state index in [2.05, 4.69) is 11.2 Å². The molecule has 0 aliphatic heterocycles. The first-order chi connectivity index (χ1) is 7.13. The number of hydrogen-bond donors (Lipinski definition) is 2. The molecule has 1 rings (SSSR count). The predicted molar refractivity (Wildman–Crippen MR) is 58.0 cm³/mol. The van der Waals surface area contributed by atoms with Gasteiger partial charge in [0.25, 0.3) is 0 Å². The Kier molecular flexibility index (Phi) is 4.13. The number of rotatable bonds is 5. The molecular weight excluding hydrogens is 192 g/mol. The number of terminal acetylenes is 1. The maximum absolute atomic E-state index is 11.4. The van der Waals surface area contributed by atoms with E-state index in [9.17, 15) is 4.79 Å². The van der Waals surface area contributed by atoms with Gasteiger partial charge in [0, 0.05) is 20.1 Å². The Bertz CT molecular complexity index is 261. The molecular formula is C11H18N2O2. The van der Waals surface area contributed by atoms with Gasteiger partial charge in [0.1, 0.15) is 0 Å². The second-order valence-corrected chi connectivity index (χ2v) is 3.97. The zero-order chi connectivity index (χ0) is 11.3. The number of amides is 1. The molecule has 0 aromatic heterocycles. The molecule has 3 N–H and O–H groups in total. The molecule has 0 spiro atoms. The first-order valence-electron chi connectivity index (χ1n) is 5.15. The quantitative estimate of drug-likeness (QED) is 0.629. The predicted octanol–water partition coefficient (Wildman–Crippen LogP) is 0.0223. The van der Waals surface area contributed by atoms with Gasteiger partial charge in [-0.05, 0) is 19.3 Å². The SMILES string of the molecule is C#CCC(N)C(=O)NCC1(OC)CCC1. The summed E-state index contributed by atoms with van der Waals surface area (Å²) in [5, 5.41) is 2.78. The molecule has 1 atom stereocenters. The molecule has 4 nitrogen and oxygen atoms in total. The molecule has 15 heavy (non-hydrogen) atoms. The van der Waals surface area contributed by atoms with Gasteiger partial charge in [-0.3, -0.25) is 4.79 Å². The highest BCUT2D eigenvalue weighted by Crippen LogP contribution is 2.34. The Morgan fingerprint density at radius 1 is 1.73 bits per heavy atom. The fourth-order valence-electron chi connectivity index (χ4n) is 1.62. The van der Waals surface area contributed by atoms with Gasteiger partial charge in [0.05, 0.1) is 11.6 Å². The number of ether oxygens (including phenoxy) is 1. The summed E-state index contributed by atoms with van der Waals surface area (Å²) >= 11 is 0. The summed E-state index contributed by atoms with van der Waals surface area (Å²) in [5.74, 6) is 2.17. The van der Waals surface area contributed by atoms with Gasteiger partial charge in [-0.25, -0.2) is 0 Å². The normalized spacial score (nSPS) is 19.8. The van der Waals surface area contributed by atoms with Crippen molar-refractivity contribution < 1.29 is 9.53 Å². The largest absolute Gasteiger partial charge is 0.376 e. The molecule has 0 radical (unpaired) electrons. The van der Waals surface area contributed by atoms with Crippen LogP contribution in [0.3, 0.4) is 0 Å². The van der Waals surface area contributed by atoms with Crippen molar-refractivity contribution in [3.63, 3.8) is 0 Å². The van der Waals surface area contributed by atoms with Gasteiger partial charge in [-0.15, -0.1) is 12.3 Å². The number of nitrogens with one attached hydrogen (secondary N) is 1. The van der Waals surface area contributed by atoms with Crippen molar-refractivity contribution in [3.05, 3.63) is 0 Å². The summed E-state index contributed by atoms with van der Waals surface area (Å²) in [6.07, 6.45) is 8.49. The van der Waals surface area contributed by atoms with Gasteiger partial charge >= 0.3 is 0 Å². The van der Waals surface area contributed by atoms with Crippen molar-refractivity contribution in [1.82, 2.24) is 5.32 Å². The van der Waals surface area contributed by atoms with E-state index in [1.165, 1.54) is 0 Å². The zero-order valence-electron chi connectivity index (χ0n) is 9.08. The van der Waals surface area contributed by atoms with Gasteiger partial charge in [-0.1, -0.05) is 0 Å². The summed E-state index contributed by atoms with van der Waals surface area (Å²) in [5.41, 5.74) is 5.40. The molecule has 1 aliphatic carbocycles. The van der Waals surface area contributed by atoms with Crippen LogP contribution in [0.4, 0.5) is 0 Å². The number of hydrogen-bond acceptors (Lipinski definition) is 3. The van der Waals surface area contributed by atoms with Crippen LogP contribution in [0.1, 0.15) is 25.7 Å². The van der Waals surface area contributed by atoms with Crippen molar-refractivity contribution in [2.24, 2.45) is 5.73 Å². The minimum atomic E-state index is -0.607. The van der Waals surface area contributed by atoms with Gasteiger partial charge < -0.3 is 15.8 Å². The number of carbonyl (C=O) groups excluding carboxylic acids is 1. The number of nitrogens with two attached hydrogens (primary N) is 1.